The molecule has 1 fully saturated rings. The van der Waals surface area contributed by atoms with Crippen molar-refractivity contribution >= 4 is 40.2 Å². The molecule has 2 heterocycles. The molecule has 1 atom stereocenters. The number of hydrogen-bond acceptors (Lipinski definition) is 6. The van der Waals surface area contributed by atoms with Crippen LogP contribution in [0.5, 0.6) is 0 Å². The van der Waals surface area contributed by atoms with E-state index in [1.807, 2.05) is 6.92 Å². The van der Waals surface area contributed by atoms with Crippen LogP contribution in [0.3, 0.4) is 0 Å². The van der Waals surface area contributed by atoms with E-state index in [9.17, 15) is 19.2 Å². The Balaban J connectivity index is 2.04. The minimum absolute atomic E-state index is 0.225. The van der Waals surface area contributed by atoms with Gasteiger partial charge in [-0.3, -0.25) is 14.5 Å². The molecule has 1 aromatic rings. The van der Waals surface area contributed by atoms with Crippen molar-refractivity contribution in [3.8, 4) is 0 Å². The van der Waals surface area contributed by atoms with Gasteiger partial charge in [-0.2, -0.15) is 0 Å². The fourth-order valence-corrected chi connectivity index (χ4v) is 4.35. The first-order valence-electron chi connectivity index (χ1n) is 10.5. The van der Waals surface area contributed by atoms with Gasteiger partial charge in [0.25, 0.3) is 5.91 Å². The highest BCUT2D eigenvalue weighted by Crippen LogP contribution is 2.30. The lowest BCUT2D eigenvalue weighted by molar-refractivity contribution is -0.133. The Morgan fingerprint density at radius 2 is 1.93 bits per heavy atom. The maximum atomic E-state index is 12.8. The van der Waals surface area contributed by atoms with Crippen LogP contribution in [0.2, 0.25) is 0 Å². The average molecular weight is 438 g/mol. The summed E-state index contributed by atoms with van der Waals surface area (Å²) in [6, 6.07) is 1.12. The quantitative estimate of drug-likeness (QED) is 0.312. The Bertz CT molecular complexity index is 807. The van der Waals surface area contributed by atoms with Crippen molar-refractivity contribution in [2.75, 3.05) is 18.5 Å². The zero-order valence-corrected chi connectivity index (χ0v) is 18.9. The van der Waals surface area contributed by atoms with Gasteiger partial charge < -0.3 is 15.4 Å². The summed E-state index contributed by atoms with van der Waals surface area (Å²) in [6.07, 6.45) is 5.22. The Morgan fingerprint density at radius 1 is 1.20 bits per heavy atom. The highest BCUT2D eigenvalue weighted by atomic mass is 32.1. The molecule has 8 nitrogen and oxygen atoms in total. The number of amides is 4. The summed E-state index contributed by atoms with van der Waals surface area (Å²) in [7, 11) is 0. The molecule has 0 aromatic carbocycles. The second kappa shape index (κ2) is 10.6. The SMILES string of the molecule is CCCCCCC1(C)NC(=O)N(CC(=O)Nc2sc(CC)cc2C(=O)OCC)C1=O. The smallest absolute Gasteiger partial charge is 0.341 e. The van der Waals surface area contributed by atoms with Crippen LogP contribution < -0.4 is 10.6 Å². The van der Waals surface area contributed by atoms with Crippen molar-refractivity contribution in [1.29, 1.82) is 0 Å². The van der Waals surface area contributed by atoms with Gasteiger partial charge in [-0.25, -0.2) is 9.59 Å². The molecule has 1 unspecified atom stereocenters. The lowest BCUT2D eigenvalue weighted by Gasteiger charge is -2.21. The Kier molecular flexibility index (Phi) is 8.40. The average Bonchev–Trinajstić information content (AvgIpc) is 3.20. The molecular weight excluding hydrogens is 406 g/mol. The first-order valence-corrected chi connectivity index (χ1v) is 11.3. The van der Waals surface area contributed by atoms with Gasteiger partial charge in [0.1, 0.15) is 17.1 Å². The number of thiophene rings is 1. The zero-order chi connectivity index (χ0) is 22.3. The number of nitrogens with zero attached hydrogens (tertiary/aromatic N) is 1. The van der Waals surface area contributed by atoms with E-state index in [0.717, 1.165) is 35.5 Å². The van der Waals surface area contributed by atoms with Crippen LogP contribution in [0.1, 0.15) is 75.0 Å². The predicted octanol–water partition coefficient (Wildman–Crippen LogP) is 3.71. The lowest BCUT2D eigenvalue weighted by atomic mass is 9.94. The molecule has 0 spiro atoms. The number of anilines is 1. The summed E-state index contributed by atoms with van der Waals surface area (Å²) in [6.45, 7) is 7.28. The van der Waals surface area contributed by atoms with Gasteiger partial charge in [0.15, 0.2) is 0 Å². The third kappa shape index (κ3) is 5.59. The summed E-state index contributed by atoms with van der Waals surface area (Å²) in [4.78, 5) is 51.7. The van der Waals surface area contributed by atoms with Crippen LogP contribution in [-0.2, 0) is 20.7 Å². The normalized spacial score (nSPS) is 18.5. The van der Waals surface area contributed by atoms with Crippen LogP contribution in [0, 0.1) is 0 Å². The predicted molar refractivity (Wildman–Crippen MR) is 116 cm³/mol. The number of rotatable bonds is 11. The molecule has 4 amide bonds. The van der Waals surface area contributed by atoms with Crippen molar-refractivity contribution in [1.82, 2.24) is 10.2 Å². The first kappa shape index (κ1) is 23.9. The number of hydrogen-bond donors (Lipinski definition) is 2. The molecule has 30 heavy (non-hydrogen) atoms. The highest BCUT2D eigenvalue weighted by Gasteiger charge is 2.47. The molecular formula is C21H31N3O5S. The molecule has 0 bridgehead atoms. The van der Waals surface area contributed by atoms with Gasteiger partial charge >= 0.3 is 12.0 Å². The minimum atomic E-state index is -0.987. The maximum absolute atomic E-state index is 12.8. The second-order valence-electron chi connectivity index (χ2n) is 7.54. The van der Waals surface area contributed by atoms with Crippen molar-refractivity contribution < 1.29 is 23.9 Å². The number of nitrogens with one attached hydrogen (secondary N) is 2. The molecule has 2 rings (SSSR count). The zero-order valence-electron chi connectivity index (χ0n) is 18.1. The number of aryl methyl sites for hydroxylation is 1. The molecule has 0 saturated carbocycles. The van der Waals surface area contributed by atoms with E-state index in [4.69, 9.17) is 4.74 Å². The molecule has 1 saturated heterocycles. The maximum Gasteiger partial charge on any atom is 0.341 e. The van der Waals surface area contributed by atoms with E-state index >= 15 is 0 Å². The van der Waals surface area contributed by atoms with Crippen LogP contribution in [0.25, 0.3) is 0 Å². The lowest BCUT2D eigenvalue weighted by Crippen LogP contribution is -2.44. The topological polar surface area (TPSA) is 105 Å². The number of ether oxygens (including phenoxy) is 1. The standard InChI is InChI=1S/C21H31N3O5S/c1-5-8-9-10-11-21(4)19(27)24(20(28)23-21)13-16(25)22-17-15(18(26)29-7-3)12-14(6-2)30-17/h12H,5-11,13H2,1-4H3,(H,22,25)(H,23,28). The van der Waals surface area contributed by atoms with E-state index in [-0.39, 0.29) is 12.2 Å². The van der Waals surface area contributed by atoms with E-state index in [2.05, 4.69) is 17.6 Å². The third-order valence-corrected chi connectivity index (χ3v) is 6.25. The van der Waals surface area contributed by atoms with Gasteiger partial charge in [0.2, 0.25) is 5.91 Å². The number of imide groups is 1. The van der Waals surface area contributed by atoms with E-state index in [1.54, 1.807) is 19.9 Å². The molecule has 9 heteroatoms. The van der Waals surface area contributed by atoms with Gasteiger partial charge in [-0.05, 0) is 32.8 Å². The van der Waals surface area contributed by atoms with Gasteiger partial charge in [-0.1, -0.05) is 39.5 Å². The van der Waals surface area contributed by atoms with Crippen molar-refractivity contribution in [2.24, 2.45) is 0 Å². The van der Waals surface area contributed by atoms with Gasteiger partial charge in [0, 0.05) is 4.88 Å². The van der Waals surface area contributed by atoms with Crippen molar-refractivity contribution in [2.45, 2.75) is 71.8 Å². The summed E-state index contributed by atoms with van der Waals surface area (Å²) < 4.78 is 5.05. The van der Waals surface area contributed by atoms with Gasteiger partial charge in [0.05, 0.1) is 12.2 Å². The Morgan fingerprint density at radius 3 is 2.57 bits per heavy atom. The largest absolute Gasteiger partial charge is 0.462 e. The molecule has 166 valence electrons. The number of carbonyl (C=O) groups excluding carboxylic acids is 4. The molecule has 0 radical (unpaired) electrons. The summed E-state index contributed by atoms with van der Waals surface area (Å²) in [5.41, 5.74) is -0.704. The van der Waals surface area contributed by atoms with Crippen LogP contribution in [0.4, 0.5) is 9.80 Å². The molecule has 1 aliphatic heterocycles. The number of carbonyl (C=O) groups is 4. The molecule has 0 aliphatic carbocycles. The van der Waals surface area contributed by atoms with Crippen LogP contribution >= 0.6 is 11.3 Å². The highest BCUT2D eigenvalue weighted by molar-refractivity contribution is 7.16. The first-order chi connectivity index (χ1) is 14.3. The fourth-order valence-electron chi connectivity index (χ4n) is 3.34. The summed E-state index contributed by atoms with van der Waals surface area (Å²) in [5, 5.41) is 5.75. The molecule has 2 N–H and O–H groups in total. The Hall–Kier alpha value is -2.42. The number of esters is 1. The second-order valence-corrected chi connectivity index (χ2v) is 8.68. The number of unbranched alkanes of at least 4 members (excludes halogenated alkanes) is 3. The Labute approximate surface area is 181 Å². The van der Waals surface area contributed by atoms with E-state index < -0.39 is 35.9 Å². The monoisotopic (exact) mass is 437 g/mol. The van der Waals surface area contributed by atoms with Crippen molar-refractivity contribution in [3.05, 3.63) is 16.5 Å². The minimum Gasteiger partial charge on any atom is -0.462 e. The molecule has 1 aliphatic rings. The summed E-state index contributed by atoms with van der Waals surface area (Å²) >= 11 is 1.28. The van der Waals surface area contributed by atoms with Crippen LogP contribution in [-0.4, -0.2) is 47.4 Å². The van der Waals surface area contributed by atoms with Gasteiger partial charge in [-0.15, -0.1) is 11.3 Å². The number of urea groups is 1. The van der Waals surface area contributed by atoms with Crippen molar-refractivity contribution in [3.63, 3.8) is 0 Å². The summed E-state index contributed by atoms with van der Waals surface area (Å²) in [5.74, 6) is -1.45. The van der Waals surface area contributed by atoms with E-state index in [1.165, 1.54) is 11.3 Å². The van der Waals surface area contributed by atoms with Crippen LogP contribution in [0.15, 0.2) is 6.07 Å². The van der Waals surface area contributed by atoms with E-state index in [0.29, 0.717) is 17.8 Å². The third-order valence-electron chi connectivity index (χ3n) is 5.06. The molecule has 1 aromatic heterocycles. The fraction of sp³-hybridized carbons (Fsp3) is 0.619.